The summed E-state index contributed by atoms with van der Waals surface area (Å²) in [4.78, 5) is 11.0. The molecular formula is C13H15ClN2O2. The summed E-state index contributed by atoms with van der Waals surface area (Å²) in [5, 5.41) is 4.04. The first-order chi connectivity index (χ1) is 8.79. The third kappa shape index (κ3) is 3.47. The maximum atomic E-state index is 11.0. The zero-order valence-corrected chi connectivity index (χ0v) is 10.7. The summed E-state index contributed by atoms with van der Waals surface area (Å²) in [6, 6.07) is 7.71. The fourth-order valence-corrected chi connectivity index (χ4v) is 1.78. The lowest BCUT2D eigenvalue weighted by atomic mass is 10.0. The standard InChI is InChI=1S/C13H15ClN2O2/c14-8-1-9-18-11-4-2-10(3-5-11)12-6-7-13(17)16-15-12/h2-5H,1,6-9H2,(H,16,17). The minimum atomic E-state index is -0.0280. The van der Waals surface area contributed by atoms with E-state index >= 15 is 0 Å². The van der Waals surface area contributed by atoms with Crippen LogP contribution >= 0.6 is 11.6 Å². The van der Waals surface area contributed by atoms with E-state index in [-0.39, 0.29) is 5.91 Å². The Bertz CT molecular complexity index is 443. The summed E-state index contributed by atoms with van der Waals surface area (Å²) in [5.74, 6) is 1.40. The number of hydrogen-bond donors (Lipinski definition) is 1. The highest BCUT2D eigenvalue weighted by Crippen LogP contribution is 2.16. The van der Waals surface area contributed by atoms with Crippen molar-refractivity contribution in [2.75, 3.05) is 12.5 Å². The summed E-state index contributed by atoms with van der Waals surface area (Å²) in [6.45, 7) is 0.625. The highest BCUT2D eigenvalue weighted by molar-refractivity contribution is 6.17. The summed E-state index contributed by atoms with van der Waals surface area (Å²) in [5.41, 5.74) is 4.41. The number of carbonyl (C=O) groups is 1. The molecule has 0 fully saturated rings. The Morgan fingerprint density at radius 3 is 2.67 bits per heavy atom. The quantitative estimate of drug-likeness (QED) is 0.657. The van der Waals surface area contributed by atoms with Crippen molar-refractivity contribution in [3.8, 4) is 5.75 Å². The molecule has 0 radical (unpaired) electrons. The van der Waals surface area contributed by atoms with Crippen LogP contribution in [0, 0.1) is 0 Å². The van der Waals surface area contributed by atoms with Crippen molar-refractivity contribution in [3.05, 3.63) is 29.8 Å². The van der Waals surface area contributed by atoms with E-state index in [4.69, 9.17) is 16.3 Å². The molecule has 0 bridgehead atoms. The topological polar surface area (TPSA) is 50.7 Å². The average Bonchev–Trinajstić information content (AvgIpc) is 2.41. The van der Waals surface area contributed by atoms with Crippen LogP contribution in [0.2, 0.25) is 0 Å². The van der Waals surface area contributed by atoms with E-state index in [1.165, 1.54) is 0 Å². The number of halogens is 1. The monoisotopic (exact) mass is 266 g/mol. The van der Waals surface area contributed by atoms with Gasteiger partial charge in [-0.05, 0) is 36.2 Å². The number of carbonyl (C=O) groups excluding carboxylic acids is 1. The lowest BCUT2D eigenvalue weighted by Gasteiger charge is -2.12. The van der Waals surface area contributed by atoms with E-state index in [2.05, 4.69) is 10.5 Å². The largest absolute Gasteiger partial charge is 0.494 e. The van der Waals surface area contributed by atoms with E-state index in [1.54, 1.807) is 0 Å². The number of alkyl halides is 1. The first-order valence-electron chi connectivity index (χ1n) is 5.94. The number of nitrogens with zero attached hydrogens (tertiary/aromatic N) is 1. The first kappa shape index (κ1) is 12.9. The lowest BCUT2D eigenvalue weighted by molar-refractivity contribution is -0.121. The number of ether oxygens (including phenoxy) is 1. The molecule has 0 aromatic heterocycles. The van der Waals surface area contributed by atoms with Crippen molar-refractivity contribution < 1.29 is 9.53 Å². The molecule has 0 saturated carbocycles. The molecule has 18 heavy (non-hydrogen) atoms. The SMILES string of the molecule is O=C1CCC(c2ccc(OCCCCl)cc2)=NN1. The van der Waals surface area contributed by atoms with Crippen LogP contribution in [-0.4, -0.2) is 24.1 Å². The van der Waals surface area contributed by atoms with Crippen molar-refractivity contribution in [2.45, 2.75) is 19.3 Å². The predicted molar refractivity (Wildman–Crippen MR) is 71.2 cm³/mol. The Hall–Kier alpha value is -1.55. The molecular weight excluding hydrogens is 252 g/mol. The van der Waals surface area contributed by atoms with Gasteiger partial charge in [-0.2, -0.15) is 5.10 Å². The summed E-state index contributed by atoms with van der Waals surface area (Å²) in [7, 11) is 0. The summed E-state index contributed by atoms with van der Waals surface area (Å²) < 4.78 is 5.51. The molecule has 1 aromatic carbocycles. The van der Waals surface area contributed by atoms with Crippen molar-refractivity contribution in [2.24, 2.45) is 5.10 Å². The van der Waals surface area contributed by atoms with Gasteiger partial charge >= 0.3 is 0 Å². The van der Waals surface area contributed by atoms with E-state index in [0.29, 0.717) is 25.3 Å². The van der Waals surface area contributed by atoms with Gasteiger partial charge in [0, 0.05) is 18.7 Å². The number of rotatable bonds is 5. The van der Waals surface area contributed by atoms with Crippen LogP contribution in [0.1, 0.15) is 24.8 Å². The molecule has 1 aliphatic heterocycles. The molecule has 0 spiro atoms. The van der Waals surface area contributed by atoms with Gasteiger partial charge in [0.25, 0.3) is 0 Å². The van der Waals surface area contributed by atoms with E-state index in [1.807, 2.05) is 24.3 Å². The summed E-state index contributed by atoms with van der Waals surface area (Å²) in [6.07, 6.45) is 2.01. The van der Waals surface area contributed by atoms with E-state index in [0.717, 1.165) is 23.4 Å². The van der Waals surface area contributed by atoms with E-state index < -0.39 is 0 Å². The van der Waals surface area contributed by atoms with Crippen molar-refractivity contribution in [1.29, 1.82) is 0 Å². The van der Waals surface area contributed by atoms with Gasteiger partial charge in [-0.15, -0.1) is 11.6 Å². The lowest BCUT2D eigenvalue weighted by Crippen LogP contribution is -2.25. The maximum absolute atomic E-state index is 11.0. The van der Waals surface area contributed by atoms with Gasteiger partial charge in [-0.25, -0.2) is 5.43 Å². The average molecular weight is 267 g/mol. The highest BCUT2D eigenvalue weighted by Gasteiger charge is 2.12. The fraction of sp³-hybridized carbons (Fsp3) is 0.385. The van der Waals surface area contributed by atoms with Crippen LogP contribution in [0.5, 0.6) is 5.75 Å². The smallest absolute Gasteiger partial charge is 0.240 e. The minimum absolute atomic E-state index is 0.0280. The second-order valence-electron chi connectivity index (χ2n) is 4.01. The Kier molecular flexibility index (Phi) is 4.59. The minimum Gasteiger partial charge on any atom is -0.494 e. The molecule has 0 unspecified atom stereocenters. The van der Waals surface area contributed by atoms with Gasteiger partial charge in [0.1, 0.15) is 5.75 Å². The molecule has 4 nitrogen and oxygen atoms in total. The van der Waals surface area contributed by atoms with Crippen molar-refractivity contribution in [3.63, 3.8) is 0 Å². The van der Waals surface area contributed by atoms with Gasteiger partial charge in [-0.1, -0.05) is 0 Å². The molecule has 5 heteroatoms. The highest BCUT2D eigenvalue weighted by atomic mass is 35.5. The zero-order chi connectivity index (χ0) is 12.8. The predicted octanol–water partition coefficient (Wildman–Crippen LogP) is 2.31. The number of benzene rings is 1. The third-order valence-corrected chi connectivity index (χ3v) is 2.91. The second kappa shape index (κ2) is 6.40. The number of nitrogens with one attached hydrogen (secondary N) is 1. The van der Waals surface area contributed by atoms with Crippen LogP contribution in [-0.2, 0) is 4.79 Å². The normalized spacial score (nSPS) is 14.9. The zero-order valence-electron chi connectivity index (χ0n) is 9.99. The third-order valence-electron chi connectivity index (χ3n) is 2.64. The van der Waals surface area contributed by atoms with Crippen molar-refractivity contribution in [1.82, 2.24) is 5.43 Å². The molecule has 96 valence electrons. The molecule has 0 saturated heterocycles. The van der Waals surface area contributed by atoms with Gasteiger partial charge in [0.2, 0.25) is 5.91 Å². The fourth-order valence-electron chi connectivity index (χ4n) is 1.67. The Morgan fingerprint density at radius 2 is 2.06 bits per heavy atom. The van der Waals surface area contributed by atoms with Crippen LogP contribution in [0.4, 0.5) is 0 Å². The second-order valence-corrected chi connectivity index (χ2v) is 4.39. The number of amides is 1. The Balaban J connectivity index is 1.97. The van der Waals surface area contributed by atoms with Gasteiger partial charge in [0.05, 0.1) is 12.3 Å². The summed E-state index contributed by atoms with van der Waals surface area (Å²) >= 11 is 5.58. The number of hydrogen-bond acceptors (Lipinski definition) is 3. The van der Waals surface area contributed by atoms with Gasteiger partial charge < -0.3 is 4.74 Å². The Morgan fingerprint density at radius 1 is 1.28 bits per heavy atom. The van der Waals surface area contributed by atoms with Crippen LogP contribution < -0.4 is 10.2 Å². The Labute approximate surface area is 111 Å². The van der Waals surface area contributed by atoms with Crippen molar-refractivity contribution >= 4 is 23.2 Å². The molecule has 2 rings (SSSR count). The first-order valence-corrected chi connectivity index (χ1v) is 6.47. The van der Waals surface area contributed by atoms with E-state index in [9.17, 15) is 4.79 Å². The van der Waals surface area contributed by atoms with Gasteiger partial charge in [-0.3, -0.25) is 4.79 Å². The molecule has 0 aliphatic carbocycles. The molecule has 1 aliphatic rings. The van der Waals surface area contributed by atoms with Crippen LogP contribution in [0.3, 0.4) is 0 Å². The molecule has 1 amide bonds. The molecule has 1 N–H and O–H groups in total. The molecule has 0 atom stereocenters. The van der Waals surface area contributed by atoms with Crippen LogP contribution in [0.15, 0.2) is 29.4 Å². The molecule has 1 aromatic rings. The number of hydrazone groups is 1. The maximum Gasteiger partial charge on any atom is 0.240 e. The van der Waals surface area contributed by atoms with Gasteiger partial charge in [0.15, 0.2) is 0 Å². The van der Waals surface area contributed by atoms with Crippen LogP contribution in [0.25, 0.3) is 0 Å². The molecule has 1 heterocycles.